The summed E-state index contributed by atoms with van der Waals surface area (Å²) in [6, 6.07) is 1.81. The Balaban J connectivity index is 2.00. The zero-order chi connectivity index (χ0) is 15.4. The van der Waals surface area contributed by atoms with Crippen LogP contribution in [0, 0.1) is 5.92 Å². The molecule has 1 N–H and O–H groups in total. The normalized spacial score (nSPS) is 18.7. The number of nitrogens with zero attached hydrogens (tertiary/aromatic N) is 2. The lowest BCUT2D eigenvalue weighted by Gasteiger charge is -2.33. The van der Waals surface area contributed by atoms with E-state index < -0.39 is 0 Å². The fraction of sp³-hybridized carbons (Fsp3) is 0.533. The Morgan fingerprint density at radius 2 is 2.19 bits per heavy atom. The number of pyridine rings is 1. The van der Waals surface area contributed by atoms with Crippen LogP contribution in [-0.4, -0.2) is 40.8 Å². The Hall–Kier alpha value is -1.43. The molecule has 114 valence electrons. The molecule has 0 aliphatic carbocycles. The molecule has 0 spiro atoms. The van der Waals surface area contributed by atoms with Gasteiger partial charge in [-0.2, -0.15) is 0 Å². The Labute approximate surface area is 133 Å². The van der Waals surface area contributed by atoms with Gasteiger partial charge in [-0.25, -0.2) is 0 Å². The lowest BCUT2D eigenvalue weighted by Crippen LogP contribution is -2.50. The third kappa shape index (κ3) is 4.27. The standard InChI is InChI=1S/C15H20BrN3O2/c1-10(2)14(20)18-13-4-3-5-19(9-13)15(21)11-6-12(16)8-17-7-11/h6-8,10,13H,3-5,9H2,1-2H3,(H,18,20). The summed E-state index contributed by atoms with van der Waals surface area (Å²) in [4.78, 5) is 30.1. The summed E-state index contributed by atoms with van der Waals surface area (Å²) < 4.78 is 0.787. The van der Waals surface area contributed by atoms with Crippen molar-refractivity contribution in [3.05, 3.63) is 28.5 Å². The highest BCUT2D eigenvalue weighted by molar-refractivity contribution is 9.10. The fourth-order valence-corrected chi connectivity index (χ4v) is 2.72. The van der Waals surface area contributed by atoms with Crippen molar-refractivity contribution in [3.63, 3.8) is 0 Å². The van der Waals surface area contributed by atoms with E-state index >= 15 is 0 Å². The molecule has 1 aliphatic rings. The average molecular weight is 354 g/mol. The zero-order valence-electron chi connectivity index (χ0n) is 12.3. The molecule has 6 heteroatoms. The molecule has 1 saturated heterocycles. The van der Waals surface area contributed by atoms with Crippen LogP contribution >= 0.6 is 15.9 Å². The summed E-state index contributed by atoms with van der Waals surface area (Å²) in [7, 11) is 0. The molecule has 0 aromatic carbocycles. The molecule has 1 unspecified atom stereocenters. The van der Waals surface area contributed by atoms with Crippen molar-refractivity contribution in [2.75, 3.05) is 13.1 Å². The van der Waals surface area contributed by atoms with Gasteiger partial charge < -0.3 is 10.2 Å². The van der Waals surface area contributed by atoms with Gasteiger partial charge in [0.05, 0.1) is 5.56 Å². The molecule has 0 bridgehead atoms. The molecule has 1 aromatic rings. The van der Waals surface area contributed by atoms with E-state index in [-0.39, 0.29) is 23.8 Å². The number of piperidine rings is 1. The van der Waals surface area contributed by atoms with Crippen molar-refractivity contribution >= 4 is 27.7 Å². The smallest absolute Gasteiger partial charge is 0.255 e. The molecule has 21 heavy (non-hydrogen) atoms. The van der Waals surface area contributed by atoms with E-state index in [2.05, 4.69) is 26.2 Å². The first kappa shape index (κ1) is 15.9. The number of carbonyl (C=O) groups is 2. The number of amides is 2. The zero-order valence-corrected chi connectivity index (χ0v) is 13.9. The first-order valence-electron chi connectivity index (χ1n) is 7.17. The third-order valence-corrected chi connectivity index (χ3v) is 3.96. The summed E-state index contributed by atoms with van der Waals surface area (Å²) in [5.41, 5.74) is 0.570. The van der Waals surface area contributed by atoms with E-state index in [4.69, 9.17) is 0 Å². The molecule has 0 radical (unpaired) electrons. The van der Waals surface area contributed by atoms with Gasteiger partial charge in [0.1, 0.15) is 0 Å². The van der Waals surface area contributed by atoms with Gasteiger partial charge in [0.2, 0.25) is 5.91 Å². The summed E-state index contributed by atoms with van der Waals surface area (Å²) in [6.07, 6.45) is 5.04. The first-order valence-corrected chi connectivity index (χ1v) is 7.97. The van der Waals surface area contributed by atoms with Crippen LogP contribution in [0.5, 0.6) is 0 Å². The highest BCUT2D eigenvalue weighted by Gasteiger charge is 2.26. The Morgan fingerprint density at radius 3 is 2.86 bits per heavy atom. The van der Waals surface area contributed by atoms with Gasteiger partial charge >= 0.3 is 0 Å². The maximum atomic E-state index is 12.5. The van der Waals surface area contributed by atoms with Crippen molar-refractivity contribution in [1.29, 1.82) is 0 Å². The van der Waals surface area contributed by atoms with E-state index in [0.717, 1.165) is 23.9 Å². The molecule has 1 fully saturated rings. The molecule has 5 nitrogen and oxygen atoms in total. The van der Waals surface area contributed by atoms with Crippen molar-refractivity contribution < 1.29 is 9.59 Å². The lowest BCUT2D eigenvalue weighted by molar-refractivity contribution is -0.125. The number of rotatable bonds is 3. The number of likely N-dealkylation sites (tertiary alicyclic amines) is 1. The number of aromatic nitrogens is 1. The van der Waals surface area contributed by atoms with E-state index in [1.807, 2.05) is 13.8 Å². The molecule has 1 aromatic heterocycles. The third-order valence-electron chi connectivity index (χ3n) is 3.53. The highest BCUT2D eigenvalue weighted by Crippen LogP contribution is 2.16. The van der Waals surface area contributed by atoms with Crippen LogP contribution < -0.4 is 5.32 Å². The molecule has 0 saturated carbocycles. The predicted octanol–water partition coefficient (Wildman–Crippen LogP) is 2.22. The first-order chi connectivity index (χ1) is 9.97. The number of hydrogen-bond donors (Lipinski definition) is 1. The van der Waals surface area contributed by atoms with E-state index in [0.29, 0.717) is 12.1 Å². The Bertz CT molecular complexity index is 533. The molecule has 2 rings (SSSR count). The monoisotopic (exact) mass is 353 g/mol. The van der Waals surface area contributed by atoms with Crippen LogP contribution in [0.25, 0.3) is 0 Å². The van der Waals surface area contributed by atoms with Crippen molar-refractivity contribution in [3.8, 4) is 0 Å². The van der Waals surface area contributed by atoms with Crippen LogP contribution in [0.4, 0.5) is 0 Å². The minimum atomic E-state index is -0.0367. The minimum Gasteiger partial charge on any atom is -0.351 e. The van der Waals surface area contributed by atoms with Gasteiger partial charge in [-0.05, 0) is 34.8 Å². The minimum absolute atomic E-state index is 0.0349. The van der Waals surface area contributed by atoms with Gasteiger partial charge in [-0.1, -0.05) is 13.8 Å². The SMILES string of the molecule is CC(C)C(=O)NC1CCCN(C(=O)c2cncc(Br)c2)C1. The maximum Gasteiger partial charge on any atom is 0.255 e. The number of halogens is 1. The average Bonchev–Trinajstić information content (AvgIpc) is 2.46. The molecule has 2 amide bonds. The van der Waals surface area contributed by atoms with Crippen LogP contribution in [0.3, 0.4) is 0 Å². The van der Waals surface area contributed by atoms with Crippen molar-refractivity contribution in [2.45, 2.75) is 32.7 Å². The molecular formula is C15H20BrN3O2. The van der Waals surface area contributed by atoms with Gasteiger partial charge in [-0.15, -0.1) is 0 Å². The highest BCUT2D eigenvalue weighted by atomic mass is 79.9. The van der Waals surface area contributed by atoms with Crippen LogP contribution in [0.15, 0.2) is 22.9 Å². The predicted molar refractivity (Wildman–Crippen MR) is 83.8 cm³/mol. The van der Waals surface area contributed by atoms with Gasteiger partial charge in [-0.3, -0.25) is 14.6 Å². The van der Waals surface area contributed by atoms with Crippen LogP contribution in [0.2, 0.25) is 0 Å². The van der Waals surface area contributed by atoms with Gasteiger partial charge in [0.15, 0.2) is 0 Å². The second-order valence-electron chi connectivity index (χ2n) is 5.65. The Morgan fingerprint density at radius 1 is 1.43 bits per heavy atom. The molecular weight excluding hydrogens is 334 g/mol. The van der Waals surface area contributed by atoms with E-state index in [1.165, 1.54) is 0 Å². The second-order valence-corrected chi connectivity index (χ2v) is 6.56. The van der Waals surface area contributed by atoms with E-state index in [1.54, 1.807) is 23.4 Å². The van der Waals surface area contributed by atoms with Gasteiger partial charge in [0, 0.05) is 41.9 Å². The second kappa shape index (κ2) is 7.02. The lowest BCUT2D eigenvalue weighted by atomic mass is 10.0. The Kier molecular flexibility index (Phi) is 5.33. The van der Waals surface area contributed by atoms with Crippen LogP contribution in [0.1, 0.15) is 37.0 Å². The fourth-order valence-electron chi connectivity index (χ4n) is 2.36. The maximum absolute atomic E-state index is 12.5. The van der Waals surface area contributed by atoms with Crippen molar-refractivity contribution in [1.82, 2.24) is 15.2 Å². The van der Waals surface area contributed by atoms with E-state index in [9.17, 15) is 9.59 Å². The van der Waals surface area contributed by atoms with Crippen LogP contribution in [-0.2, 0) is 4.79 Å². The molecule has 2 heterocycles. The quantitative estimate of drug-likeness (QED) is 0.906. The summed E-state index contributed by atoms with van der Waals surface area (Å²) in [5.74, 6) is -0.0314. The largest absolute Gasteiger partial charge is 0.351 e. The molecule has 1 atom stereocenters. The molecule has 1 aliphatic heterocycles. The summed E-state index contributed by atoms with van der Waals surface area (Å²) in [6.45, 7) is 5.02. The van der Waals surface area contributed by atoms with Gasteiger partial charge in [0.25, 0.3) is 5.91 Å². The summed E-state index contributed by atoms with van der Waals surface area (Å²) in [5, 5.41) is 3.01. The van der Waals surface area contributed by atoms with Crippen molar-refractivity contribution in [2.24, 2.45) is 5.92 Å². The number of hydrogen-bond acceptors (Lipinski definition) is 3. The number of carbonyl (C=O) groups excluding carboxylic acids is 2. The number of nitrogens with one attached hydrogen (secondary N) is 1. The summed E-state index contributed by atoms with van der Waals surface area (Å²) >= 11 is 3.32. The topological polar surface area (TPSA) is 62.3 Å².